The van der Waals surface area contributed by atoms with Gasteiger partial charge >= 0.3 is 5.97 Å². The van der Waals surface area contributed by atoms with Crippen molar-refractivity contribution in [2.45, 2.75) is 19.9 Å². The van der Waals surface area contributed by atoms with Crippen molar-refractivity contribution in [1.29, 1.82) is 0 Å². The number of carbonyl (C=O) groups is 1. The Kier molecular flexibility index (Phi) is 5.49. The first kappa shape index (κ1) is 13.2. The summed E-state index contributed by atoms with van der Waals surface area (Å²) in [6, 6.07) is 7.25. The van der Waals surface area contributed by atoms with E-state index in [0.717, 1.165) is 10.0 Å². The second-order valence-electron chi connectivity index (χ2n) is 3.26. The third-order valence-electron chi connectivity index (χ3n) is 2.15. The standard InChI is InChI=1S/C12H16BrNO2/c1-3-14-11(12(15)16-4-2)9-7-5-6-8-10(9)13/h5-8,11,14H,3-4H2,1-2H3. The molecule has 0 spiro atoms. The molecule has 0 saturated heterocycles. The van der Waals surface area contributed by atoms with Gasteiger partial charge in [-0.15, -0.1) is 0 Å². The summed E-state index contributed by atoms with van der Waals surface area (Å²) in [4.78, 5) is 11.8. The van der Waals surface area contributed by atoms with Crippen LogP contribution >= 0.6 is 15.9 Å². The van der Waals surface area contributed by atoms with Gasteiger partial charge in [0.15, 0.2) is 0 Å². The van der Waals surface area contributed by atoms with Crippen LogP contribution in [0.5, 0.6) is 0 Å². The van der Waals surface area contributed by atoms with Crippen LogP contribution in [-0.4, -0.2) is 19.1 Å². The normalized spacial score (nSPS) is 12.2. The molecule has 1 rings (SSSR count). The Balaban J connectivity index is 2.93. The Morgan fingerprint density at radius 1 is 1.44 bits per heavy atom. The number of hydrogen-bond donors (Lipinski definition) is 1. The molecule has 0 radical (unpaired) electrons. The van der Waals surface area contributed by atoms with Crippen LogP contribution in [-0.2, 0) is 9.53 Å². The molecular formula is C12H16BrNO2. The number of nitrogens with one attached hydrogen (secondary N) is 1. The lowest BCUT2D eigenvalue weighted by molar-refractivity contribution is -0.145. The molecule has 16 heavy (non-hydrogen) atoms. The van der Waals surface area contributed by atoms with Crippen LogP contribution in [0.4, 0.5) is 0 Å². The molecule has 0 amide bonds. The third-order valence-corrected chi connectivity index (χ3v) is 2.87. The highest BCUT2D eigenvalue weighted by Crippen LogP contribution is 2.24. The number of rotatable bonds is 5. The summed E-state index contributed by atoms with van der Waals surface area (Å²) in [7, 11) is 0. The average molecular weight is 286 g/mol. The van der Waals surface area contributed by atoms with Crippen molar-refractivity contribution >= 4 is 21.9 Å². The lowest BCUT2D eigenvalue weighted by atomic mass is 10.1. The molecule has 0 bridgehead atoms. The molecule has 1 aromatic carbocycles. The highest BCUT2D eigenvalue weighted by molar-refractivity contribution is 9.10. The first-order valence-electron chi connectivity index (χ1n) is 5.35. The van der Waals surface area contributed by atoms with Crippen LogP contribution in [0.1, 0.15) is 25.5 Å². The maximum atomic E-state index is 11.8. The molecule has 0 aliphatic rings. The van der Waals surface area contributed by atoms with E-state index in [0.29, 0.717) is 13.2 Å². The summed E-state index contributed by atoms with van der Waals surface area (Å²) in [5.74, 6) is -0.240. The Bertz CT molecular complexity index is 355. The van der Waals surface area contributed by atoms with Gasteiger partial charge in [0.1, 0.15) is 6.04 Å². The van der Waals surface area contributed by atoms with E-state index < -0.39 is 6.04 Å². The molecule has 1 unspecified atom stereocenters. The van der Waals surface area contributed by atoms with Crippen LogP contribution < -0.4 is 5.32 Å². The van der Waals surface area contributed by atoms with Crippen molar-refractivity contribution in [2.75, 3.05) is 13.2 Å². The van der Waals surface area contributed by atoms with Gasteiger partial charge in [0.05, 0.1) is 6.61 Å². The van der Waals surface area contributed by atoms with Crippen molar-refractivity contribution in [3.8, 4) is 0 Å². The van der Waals surface area contributed by atoms with Gasteiger partial charge in [0.25, 0.3) is 0 Å². The van der Waals surface area contributed by atoms with Gasteiger partial charge in [0, 0.05) is 4.47 Å². The molecular weight excluding hydrogens is 270 g/mol. The molecule has 1 N–H and O–H groups in total. The van der Waals surface area contributed by atoms with Crippen molar-refractivity contribution < 1.29 is 9.53 Å². The molecule has 1 atom stereocenters. The number of carbonyl (C=O) groups excluding carboxylic acids is 1. The summed E-state index contributed by atoms with van der Waals surface area (Å²) in [6.45, 7) is 4.88. The highest BCUT2D eigenvalue weighted by atomic mass is 79.9. The van der Waals surface area contributed by atoms with E-state index in [-0.39, 0.29) is 5.97 Å². The molecule has 3 nitrogen and oxygen atoms in total. The predicted octanol–water partition coefficient (Wildman–Crippen LogP) is 2.66. The van der Waals surface area contributed by atoms with E-state index in [9.17, 15) is 4.79 Å². The zero-order chi connectivity index (χ0) is 12.0. The molecule has 0 fully saturated rings. The number of esters is 1. The topological polar surface area (TPSA) is 38.3 Å². The largest absolute Gasteiger partial charge is 0.465 e. The summed E-state index contributed by atoms with van der Waals surface area (Å²) < 4.78 is 5.95. The van der Waals surface area contributed by atoms with Gasteiger partial charge in [0.2, 0.25) is 0 Å². The van der Waals surface area contributed by atoms with Gasteiger partial charge in [-0.25, -0.2) is 4.79 Å². The minimum absolute atomic E-state index is 0.240. The number of ether oxygens (including phenoxy) is 1. The van der Waals surface area contributed by atoms with Gasteiger partial charge in [-0.3, -0.25) is 0 Å². The van der Waals surface area contributed by atoms with Gasteiger partial charge in [-0.2, -0.15) is 0 Å². The molecule has 4 heteroatoms. The van der Waals surface area contributed by atoms with Crippen LogP contribution in [0.2, 0.25) is 0 Å². The van der Waals surface area contributed by atoms with E-state index >= 15 is 0 Å². The van der Waals surface area contributed by atoms with Crippen LogP contribution in [0, 0.1) is 0 Å². The van der Waals surface area contributed by atoms with E-state index in [1.807, 2.05) is 31.2 Å². The predicted molar refractivity (Wildman–Crippen MR) is 67.2 cm³/mol. The Morgan fingerprint density at radius 3 is 2.69 bits per heavy atom. The fourth-order valence-corrected chi connectivity index (χ4v) is 1.97. The van der Waals surface area contributed by atoms with Gasteiger partial charge in [-0.05, 0) is 25.1 Å². The summed E-state index contributed by atoms with van der Waals surface area (Å²) in [5, 5.41) is 3.12. The van der Waals surface area contributed by atoms with Crippen LogP contribution in [0.15, 0.2) is 28.7 Å². The van der Waals surface area contributed by atoms with Crippen LogP contribution in [0.25, 0.3) is 0 Å². The van der Waals surface area contributed by atoms with Crippen molar-refractivity contribution in [3.05, 3.63) is 34.3 Å². The molecule has 1 aromatic rings. The van der Waals surface area contributed by atoms with E-state index in [1.54, 1.807) is 6.92 Å². The highest BCUT2D eigenvalue weighted by Gasteiger charge is 2.22. The van der Waals surface area contributed by atoms with Gasteiger partial charge in [-0.1, -0.05) is 41.1 Å². The maximum absolute atomic E-state index is 11.8. The molecule has 0 heterocycles. The molecule has 0 aliphatic carbocycles. The minimum Gasteiger partial charge on any atom is -0.465 e. The number of likely N-dealkylation sites (N-methyl/N-ethyl adjacent to an activating group) is 1. The molecule has 0 saturated carbocycles. The van der Waals surface area contributed by atoms with Crippen molar-refractivity contribution in [3.63, 3.8) is 0 Å². The Hall–Kier alpha value is -0.870. The number of hydrogen-bond acceptors (Lipinski definition) is 3. The zero-order valence-electron chi connectivity index (χ0n) is 9.50. The zero-order valence-corrected chi connectivity index (χ0v) is 11.1. The second kappa shape index (κ2) is 6.66. The fourth-order valence-electron chi connectivity index (χ4n) is 1.46. The van der Waals surface area contributed by atoms with E-state index in [4.69, 9.17) is 4.74 Å². The lowest BCUT2D eigenvalue weighted by Crippen LogP contribution is -2.30. The van der Waals surface area contributed by atoms with Gasteiger partial charge < -0.3 is 10.1 Å². The molecule has 0 aliphatic heterocycles. The minimum atomic E-state index is -0.402. The monoisotopic (exact) mass is 285 g/mol. The quantitative estimate of drug-likeness (QED) is 0.846. The lowest BCUT2D eigenvalue weighted by Gasteiger charge is -2.17. The maximum Gasteiger partial charge on any atom is 0.327 e. The van der Waals surface area contributed by atoms with Crippen LogP contribution in [0.3, 0.4) is 0 Å². The fraction of sp³-hybridized carbons (Fsp3) is 0.417. The number of halogens is 1. The Labute approximate surface area is 104 Å². The molecule has 88 valence electrons. The average Bonchev–Trinajstić information content (AvgIpc) is 2.27. The van der Waals surface area contributed by atoms with Crippen molar-refractivity contribution in [1.82, 2.24) is 5.32 Å². The smallest absolute Gasteiger partial charge is 0.327 e. The number of benzene rings is 1. The second-order valence-corrected chi connectivity index (χ2v) is 4.12. The molecule has 0 aromatic heterocycles. The summed E-state index contributed by atoms with van der Waals surface area (Å²) >= 11 is 3.44. The van der Waals surface area contributed by atoms with E-state index in [1.165, 1.54) is 0 Å². The SMILES string of the molecule is CCNC(C(=O)OCC)c1ccccc1Br. The summed E-state index contributed by atoms with van der Waals surface area (Å²) in [6.07, 6.45) is 0. The first-order valence-corrected chi connectivity index (χ1v) is 6.14. The first-order chi connectivity index (χ1) is 7.70. The van der Waals surface area contributed by atoms with E-state index in [2.05, 4.69) is 21.2 Å². The third kappa shape index (κ3) is 3.32. The Morgan fingerprint density at radius 2 is 2.12 bits per heavy atom. The van der Waals surface area contributed by atoms with Crippen molar-refractivity contribution in [2.24, 2.45) is 0 Å². The summed E-state index contributed by atoms with van der Waals surface area (Å²) in [5.41, 5.74) is 0.905.